The molecule has 5 nitrogen and oxygen atoms in total. The first-order valence-electron chi connectivity index (χ1n) is 9.46. The first-order chi connectivity index (χ1) is 13.3. The van der Waals surface area contributed by atoms with Crippen molar-refractivity contribution in [1.29, 1.82) is 0 Å². The monoisotopic (exact) mass is 397 g/mol. The van der Waals surface area contributed by atoms with E-state index in [4.69, 9.17) is 0 Å². The van der Waals surface area contributed by atoms with Gasteiger partial charge in [0.15, 0.2) is 0 Å². The van der Waals surface area contributed by atoms with Crippen molar-refractivity contribution in [3.05, 3.63) is 54.1 Å². The molecule has 2 amide bonds. The fourth-order valence-corrected chi connectivity index (χ4v) is 4.35. The molecule has 3 rings (SSSR count). The molecule has 28 heavy (non-hydrogen) atoms. The highest BCUT2D eigenvalue weighted by Gasteiger charge is 2.34. The molecule has 1 saturated heterocycles. The minimum atomic E-state index is -0.0573. The van der Waals surface area contributed by atoms with E-state index in [1.807, 2.05) is 86.3 Å². The van der Waals surface area contributed by atoms with Crippen molar-refractivity contribution in [3.8, 4) is 0 Å². The van der Waals surface area contributed by atoms with Crippen molar-refractivity contribution >= 4 is 40.6 Å². The fraction of sp³-hybridized carbons (Fsp3) is 0.364. The molecule has 0 radical (unpaired) electrons. The molecule has 1 N–H and O–H groups in total. The molecule has 0 bridgehead atoms. The van der Waals surface area contributed by atoms with E-state index in [9.17, 15) is 9.59 Å². The fourth-order valence-electron chi connectivity index (χ4n) is 3.18. The molecule has 148 valence electrons. The number of carbonyl (C=O) groups is 2. The van der Waals surface area contributed by atoms with Crippen molar-refractivity contribution in [2.24, 2.45) is 5.92 Å². The van der Waals surface area contributed by atoms with E-state index in [1.165, 1.54) is 0 Å². The Morgan fingerprint density at radius 2 is 1.79 bits per heavy atom. The van der Waals surface area contributed by atoms with E-state index < -0.39 is 0 Å². The van der Waals surface area contributed by atoms with Crippen LogP contribution in [0.4, 0.5) is 17.1 Å². The summed E-state index contributed by atoms with van der Waals surface area (Å²) in [6.07, 6.45) is 0.505. The van der Waals surface area contributed by atoms with E-state index in [0.29, 0.717) is 18.1 Å². The Labute approximate surface area is 171 Å². The molecule has 2 aromatic rings. The summed E-state index contributed by atoms with van der Waals surface area (Å²) in [6, 6.07) is 15.8. The van der Waals surface area contributed by atoms with Crippen LogP contribution in [0.5, 0.6) is 0 Å². The highest BCUT2D eigenvalue weighted by Crippen LogP contribution is 2.42. The smallest absolute Gasteiger partial charge is 0.238 e. The molecule has 0 spiro atoms. The summed E-state index contributed by atoms with van der Waals surface area (Å²) in [5, 5.41) is 2.87. The highest BCUT2D eigenvalue weighted by molar-refractivity contribution is 8.00. The number of nitrogens with one attached hydrogen (secondary N) is 1. The quantitative estimate of drug-likeness (QED) is 0.779. The number of carbonyl (C=O) groups excluding carboxylic acids is 2. The third-order valence-electron chi connectivity index (χ3n) is 4.59. The number of hydrogen-bond donors (Lipinski definition) is 1. The molecule has 1 fully saturated rings. The van der Waals surface area contributed by atoms with Crippen LogP contribution in [0, 0.1) is 5.92 Å². The lowest BCUT2D eigenvalue weighted by Crippen LogP contribution is -2.27. The number of nitrogens with zero attached hydrogens (tertiary/aromatic N) is 2. The van der Waals surface area contributed by atoms with Crippen LogP contribution in [-0.4, -0.2) is 31.7 Å². The molecule has 6 heteroatoms. The van der Waals surface area contributed by atoms with E-state index in [1.54, 1.807) is 11.8 Å². The van der Waals surface area contributed by atoms with Crippen LogP contribution in [-0.2, 0) is 9.59 Å². The van der Waals surface area contributed by atoms with Gasteiger partial charge >= 0.3 is 0 Å². The minimum Gasteiger partial charge on any atom is -0.378 e. The van der Waals surface area contributed by atoms with Crippen LogP contribution in [0.1, 0.15) is 31.2 Å². The van der Waals surface area contributed by atoms with Crippen LogP contribution in [0.15, 0.2) is 48.5 Å². The van der Waals surface area contributed by atoms with Gasteiger partial charge in [-0.05, 0) is 47.9 Å². The van der Waals surface area contributed by atoms with Crippen molar-refractivity contribution in [3.63, 3.8) is 0 Å². The van der Waals surface area contributed by atoms with E-state index in [-0.39, 0.29) is 17.2 Å². The Morgan fingerprint density at radius 3 is 2.36 bits per heavy atom. The van der Waals surface area contributed by atoms with Crippen molar-refractivity contribution in [2.75, 3.05) is 35.0 Å². The molecular weight excluding hydrogens is 370 g/mol. The first-order valence-corrected chi connectivity index (χ1v) is 10.5. The molecule has 1 aliphatic heterocycles. The Kier molecular flexibility index (Phi) is 6.29. The predicted octanol–water partition coefficient (Wildman–Crippen LogP) is 4.52. The highest BCUT2D eigenvalue weighted by atomic mass is 32.2. The van der Waals surface area contributed by atoms with E-state index in [0.717, 1.165) is 22.6 Å². The molecule has 0 aliphatic carbocycles. The molecule has 0 aromatic heterocycles. The first kappa shape index (κ1) is 20.3. The van der Waals surface area contributed by atoms with Crippen molar-refractivity contribution in [2.45, 2.75) is 25.6 Å². The summed E-state index contributed by atoms with van der Waals surface area (Å²) in [6.45, 7) is 4.05. The van der Waals surface area contributed by atoms with Gasteiger partial charge in [-0.15, -0.1) is 11.8 Å². The molecule has 1 heterocycles. The SMILES string of the molecule is CC(C)CC(=O)Nc1ccc([C@@H]2SCC(=O)N2c2ccc(N(C)C)cc2)cc1. The van der Waals surface area contributed by atoms with Gasteiger partial charge in [-0.25, -0.2) is 0 Å². The largest absolute Gasteiger partial charge is 0.378 e. The van der Waals surface area contributed by atoms with Gasteiger partial charge in [0.2, 0.25) is 11.8 Å². The van der Waals surface area contributed by atoms with Gasteiger partial charge in [0.1, 0.15) is 5.37 Å². The lowest BCUT2D eigenvalue weighted by Gasteiger charge is -2.25. The van der Waals surface area contributed by atoms with Crippen LogP contribution >= 0.6 is 11.8 Å². The van der Waals surface area contributed by atoms with E-state index in [2.05, 4.69) is 5.32 Å². The average Bonchev–Trinajstić information content (AvgIpc) is 3.03. The summed E-state index contributed by atoms with van der Waals surface area (Å²) in [5.41, 5.74) is 3.83. The lowest BCUT2D eigenvalue weighted by molar-refractivity contribution is -0.117. The predicted molar refractivity (Wildman–Crippen MR) is 118 cm³/mol. The third kappa shape index (κ3) is 4.68. The van der Waals surface area contributed by atoms with Gasteiger partial charge in [-0.1, -0.05) is 26.0 Å². The summed E-state index contributed by atoms with van der Waals surface area (Å²) >= 11 is 1.62. The average molecular weight is 398 g/mol. The summed E-state index contributed by atoms with van der Waals surface area (Å²) in [7, 11) is 3.99. The molecule has 0 unspecified atom stereocenters. The number of anilines is 3. The van der Waals surface area contributed by atoms with Gasteiger partial charge in [-0.3, -0.25) is 14.5 Å². The van der Waals surface area contributed by atoms with Crippen LogP contribution in [0.2, 0.25) is 0 Å². The molecular formula is C22H27N3O2S. The lowest BCUT2D eigenvalue weighted by atomic mass is 10.1. The molecule has 1 aliphatic rings. The normalized spacial score (nSPS) is 16.5. The number of thioether (sulfide) groups is 1. The van der Waals surface area contributed by atoms with Crippen LogP contribution < -0.4 is 15.1 Å². The Morgan fingerprint density at radius 1 is 1.14 bits per heavy atom. The van der Waals surface area contributed by atoms with Gasteiger partial charge in [0.25, 0.3) is 0 Å². The second kappa shape index (κ2) is 8.69. The summed E-state index contributed by atoms with van der Waals surface area (Å²) < 4.78 is 0. The standard InChI is InChI=1S/C22H27N3O2S/c1-15(2)13-20(26)23-17-7-5-16(6-8-17)22-25(21(27)14-28-22)19-11-9-18(10-12-19)24(3)4/h5-12,15,22H,13-14H2,1-4H3,(H,23,26)/t22-/m0/s1. The van der Waals surface area contributed by atoms with Gasteiger partial charge in [0.05, 0.1) is 5.75 Å². The summed E-state index contributed by atoms with van der Waals surface area (Å²) in [4.78, 5) is 28.4. The zero-order valence-corrected chi connectivity index (χ0v) is 17.6. The summed E-state index contributed by atoms with van der Waals surface area (Å²) in [5.74, 6) is 0.929. The van der Waals surface area contributed by atoms with Crippen LogP contribution in [0.25, 0.3) is 0 Å². The Balaban J connectivity index is 1.76. The third-order valence-corrected chi connectivity index (χ3v) is 5.80. The number of amides is 2. The second-order valence-electron chi connectivity index (χ2n) is 7.61. The number of rotatable bonds is 6. The van der Waals surface area contributed by atoms with Crippen LogP contribution in [0.3, 0.4) is 0 Å². The van der Waals surface area contributed by atoms with Gasteiger partial charge < -0.3 is 10.2 Å². The van der Waals surface area contributed by atoms with Gasteiger partial charge in [0, 0.05) is 37.6 Å². The van der Waals surface area contributed by atoms with Crippen molar-refractivity contribution in [1.82, 2.24) is 0 Å². The molecule has 0 saturated carbocycles. The van der Waals surface area contributed by atoms with Crippen molar-refractivity contribution < 1.29 is 9.59 Å². The van der Waals surface area contributed by atoms with Gasteiger partial charge in [-0.2, -0.15) is 0 Å². The topological polar surface area (TPSA) is 52.7 Å². The maximum Gasteiger partial charge on any atom is 0.238 e. The Hall–Kier alpha value is -2.47. The maximum absolute atomic E-state index is 12.5. The maximum atomic E-state index is 12.5. The number of hydrogen-bond acceptors (Lipinski definition) is 4. The molecule has 2 aromatic carbocycles. The Bertz CT molecular complexity index is 832. The van der Waals surface area contributed by atoms with E-state index >= 15 is 0 Å². The molecule has 1 atom stereocenters. The number of benzene rings is 2. The second-order valence-corrected chi connectivity index (χ2v) is 8.67. The zero-order valence-electron chi connectivity index (χ0n) is 16.8. The zero-order chi connectivity index (χ0) is 20.3. The minimum absolute atomic E-state index is 0.0239.